The molecule has 1 heterocycles. The SMILES string of the molecule is COc1cc(NS(=O)(=O)c2ccc(NC(=O)COc3ccc(Cl)cc3)cc2)nc(OC)n1. The number of carbonyl (C=O) groups is 1. The third kappa shape index (κ3) is 6.22. The number of benzene rings is 2. The van der Waals surface area contributed by atoms with Gasteiger partial charge >= 0.3 is 6.01 Å². The summed E-state index contributed by atoms with van der Waals surface area (Å²) in [5.74, 6) is 0.197. The average Bonchev–Trinajstić information content (AvgIpc) is 2.78. The van der Waals surface area contributed by atoms with E-state index < -0.39 is 15.9 Å². The molecule has 1 aromatic heterocycles. The Morgan fingerprint density at radius 1 is 1.00 bits per heavy atom. The molecule has 10 nitrogen and oxygen atoms in total. The third-order valence-electron chi connectivity index (χ3n) is 3.94. The Bertz CT molecular complexity index is 1170. The average molecular weight is 479 g/mol. The first-order valence-electron chi connectivity index (χ1n) is 9.07. The van der Waals surface area contributed by atoms with Crippen molar-refractivity contribution in [2.75, 3.05) is 30.9 Å². The Hall–Kier alpha value is -3.57. The number of aromatic nitrogens is 2. The van der Waals surface area contributed by atoms with Crippen molar-refractivity contribution in [3.05, 3.63) is 59.6 Å². The number of carbonyl (C=O) groups excluding carboxylic acids is 1. The van der Waals surface area contributed by atoms with Crippen LogP contribution in [-0.2, 0) is 14.8 Å². The van der Waals surface area contributed by atoms with Gasteiger partial charge in [0.25, 0.3) is 15.9 Å². The molecular weight excluding hydrogens is 460 g/mol. The number of amides is 1. The summed E-state index contributed by atoms with van der Waals surface area (Å²) in [7, 11) is -1.23. The van der Waals surface area contributed by atoms with Crippen LogP contribution in [-0.4, -0.2) is 45.1 Å². The van der Waals surface area contributed by atoms with Gasteiger partial charge in [-0.2, -0.15) is 9.97 Å². The zero-order valence-corrected chi connectivity index (χ0v) is 18.6. The van der Waals surface area contributed by atoms with Crippen LogP contribution in [0.5, 0.6) is 17.6 Å². The summed E-state index contributed by atoms with van der Waals surface area (Å²) in [6.45, 7) is -0.222. The molecule has 0 saturated carbocycles. The maximum Gasteiger partial charge on any atom is 0.321 e. The van der Waals surface area contributed by atoms with Crippen molar-refractivity contribution in [1.82, 2.24) is 9.97 Å². The highest BCUT2D eigenvalue weighted by atomic mass is 35.5. The van der Waals surface area contributed by atoms with Crippen molar-refractivity contribution in [3.63, 3.8) is 0 Å². The van der Waals surface area contributed by atoms with Gasteiger partial charge in [-0.25, -0.2) is 8.42 Å². The lowest BCUT2D eigenvalue weighted by atomic mass is 10.3. The Morgan fingerprint density at radius 3 is 2.31 bits per heavy atom. The zero-order valence-electron chi connectivity index (χ0n) is 17.0. The molecule has 2 N–H and O–H groups in total. The first-order valence-corrected chi connectivity index (χ1v) is 10.9. The smallest absolute Gasteiger partial charge is 0.321 e. The van der Waals surface area contributed by atoms with E-state index in [1.807, 2.05) is 0 Å². The second-order valence-electron chi connectivity index (χ2n) is 6.20. The molecule has 2 aromatic carbocycles. The number of hydrogen-bond acceptors (Lipinski definition) is 8. The van der Waals surface area contributed by atoms with Crippen LogP contribution in [0.4, 0.5) is 11.5 Å². The molecule has 3 rings (SSSR count). The predicted molar refractivity (Wildman–Crippen MR) is 118 cm³/mol. The van der Waals surface area contributed by atoms with Crippen LogP contribution >= 0.6 is 11.6 Å². The number of sulfonamides is 1. The summed E-state index contributed by atoms with van der Waals surface area (Å²) in [5.41, 5.74) is 0.402. The second-order valence-corrected chi connectivity index (χ2v) is 8.32. The first kappa shape index (κ1) is 23.1. The number of halogens is 1. The minimum Gasteiger partial charge on any atom is -0.484 e. The minimum atomic E-state index is -3.96. The number of ether oxygens (including phenoxy) is 3. The second kappa shape index (κ2) is 10.2. The molecule has 12 heteroatoms. The van der Waals surface area contributed by atoms with Crippen molar-refractivity contribution in [2.24, 2.45) is 0 Å². The van der Waals surface area contributed by atoms with Gasteiger partial charge in [0, 0.05) is 16.8 Å². The molecule has 168 valence electrons. The summed E-state index contributed by atoms with van der Waals surface area (Å²) in [5, 5.41) is 3.18. The molecule has 3 aromatic rings. The number of nitrogens with zero attached hydrogens (tertiary/aromatic N) is 2. The Kier molecular flexibility index (Phi) is 7.33. The van der Waals surface area contributed by atoms with Crippen molar-refractivity contribution in [2.45, 2.75) is 4.90 Å². The van der Waals surface area contributed by atoms with E-state index in [0.717, 1.165) is 0 Å². The van der Waals surface area contributed by atoms with Gasteiger partial charge in [0.1, 0.15) is 5.75 Å². The summed E-state index contributed by atoms with van der Waals surface area (Å²) in [6.07, 6.45) is 0. The maximum atomic E-state index is 12.6. The van der Waals surface area contributed by atoms with Gasteiger partial charge in [0.05, 0.1) is 19.1 Å². The van der Waals surface area contributed by atoms with Gasteiger partial charge < -0.3 is 19.5 Å². The number of rotatable bonds is 9. The molecule has 0 fully saturated rings. The topological polar surface area (TPSA) is 129 Å². The fraction of sp³-hybridized carbons (Fsp3) is 0.150. The van der Waals surface area contributed by atoms with E-state index in [1.165, 1.54) is 44.6 Å². The monoisotopic (exact) mass is 478 g/mol. The van der Waals surface area contributed by atoms with Crippen LogP contribution in [0.2, 0.25) is 5.02 Å². The summed E-state index contributed by atoms with van der Waals surface area (Å²) < 4.78 is 42.9. The van der Waals surface area contributed by atoms with Crippen LogP contribution in [0, 0.1) is 0 Å². The highest BCUT2D eigenvalue weighted by Crippen LogP contribution is 2.21. The van der Waals surface area contributed by atoms with E-state index in [4.69, 9.17) is 25.8 Å². The van der Waals surface area contributed by atoms with Crippen LogP contribution in [0.15, 0.2) is 59.5 Å². The molecule has 0 bridgehead atoms. The van der Waals surface area contributed by atoms with E-state index >= 15 is 0 Å². The fourth-order valence-electron chi connectivity index (χ4n) is 2.44. The Balaban J connectivity index is 1.62. The largest absolute Gasteiger partial charge is 0.484 e. The summed E-state index contributed by atoms with van der Waals surface area (Å²) in [4.78, 5) is 19.9. The maximum absolute atomic E-state index is 12.6. The van der Waals surface area contributed by atoms with Gasteiger partial charge in [-0.1, -0.05) is 11.6 Å². The number of nitrogens with one attached hydrogen (secondary N) is 2. The molecule has 0 unspecified atom stereocenters. The normalized spacial score (nSPS) is 10.8. The van der Waals surface area contributed by atoms with E-state index in [2.05, 4.69) is 20.0 Å². The standard InChI is InChI=1S/C20H19ClN4O6S/c1-29-19-11-17(23-20(24-19)30-2)25-32(27,28)16-9-5-14(6-10-16)22-18(26)12-31-15-7-3-13(21)4-8-15/h3-11H,12H2,1-2H3,(H,22,26)(H,23,24,25). The van der Waals surface area contributed by atoms with Crippen molar-refractivity contribution >= 4 is 39.0 Å². The molecule has 32 heavy (non-hydrogen) atoms. The molecule has 0 radical (unpaired) electrons. The minimum absolute atomic E-state index is 0.0228. The van der Waals surface area contributed by atoms with Gasteiger partial charge in [-0.3, -0.25) is 9.52 Å². The van der Waals surface area contributed by atoms with Crippen LogP contribution < -0.4 is 24.2 Å². The highest BCUT2D eigenvalue weighted by Gasteiger charge is 2.17. The summed E-state index contributed by atoms with van der Waals surface area (Å²) in [6, 6.07) is 13.4. The van der Waals surface area contributed by atoms with Crippen LogP contribution in [0.3, 0.4) is 0 Å². The molecule has 1 amide bonds. The molecular formula is C20H19ClN4O6S. The molecule has 0 atom stereocenters. The van der Waals surface area contributed by atoms with Gasteiger partial charge in [0.15, 0.2) is 12.4 Å². The fourth-order valence-corrected chi connectivity index (χ4v) is 3.56. The first-order chi connectivity index (χ1) is 15.3. The summed E-state index contributed by atoms with van der Waals surface area (Å²) >= 11 is 5.80. The Morgan fingerprint density at radius 2 is 1.69 bits per heavy atom. The molecule has 0 aliphatic carbocycles. The van der Waals surface area contributed by atoms with E-state index in [0.29, 0.717) is 16.5 Å². The lowest BCUT2D eigenvalue weighted by Crippen LogP contribution is -2.20. The highest BCUT2D eigenvalue weighted by molar-refractivity contribution is 7.92. The quantitative estimate of drug-likeness (QED) is 0.480. The van der Waals surface area contributed by atoms with Crippen molar-refractivity contribution in [1.29, 1.82) is 0 Å². The lowest BCUT2D eigenvalue weighted by Gasteiger charge is -2.11. The molecule has 0 aliphatic heterocycles. The van der Waals surface area contributed by atoms with Crippen molar-refractivity contribution in [3.8, 4) is 17.6 Å². The zero-order chi connectivity index (χ0) is 23.1. The number of hydrogen-bond donors (Lipinski definition) is 2. The van der Waals surface area contributed by atoms with Gasteiger partial charge in [0.2, 0.25) is 5.88 Å². The van der Waals surface area contributed by atoms with Crippen molar-refractivity contribution < 1.29 is 27.4 Å². The van der Waals surface area contributed by atoms with E-state index in [-0.39, 0.29) is 29.2 Å². The van der Waals surface area contributed by atoms with E-state index in [9.17, 15) is 13.2 Å². The third-order valence-corrected chi connectivity index (χ3v) is 5.57. The molecule has 0 saturated heterocycles. The van der Waals surface area contributed by atoms with Gasteiger partial charge in [-0.15, -0.1) is 0 Å². The van der Waals surface area contributed by atoms with E-state index in [1.54, 1.807) is 24.3 Å². The molecule has 0 spiro atoms. The number of methoxy groups -OCH3 is 2. The lowest BCUT2D eigenvalue weighted by molar-refractivity contribution is -0.118. The predicted octanol–water partition coefficient (Wildman–Crippen LogP) is 2.97. The van der Waals surface area contributed by atoms with Crippen LogP contribution in [0.25, 0.3) is 0 Å². The van der Waals surface area contributed by atoms with Crippen LogP contribution in [0.1, 0.15) is 0 Å². The number of anilines is 2. The van der Waals surface area contributed by atoms with Gasteiger partial charge in [-0.05, 0) is 48.5 Å². The Labute approximate surface area is 189 Å². The molecule has 0 aliphatic rings.